The molecule has 0 saturated heterocycles. The van der Waals surface area contributed by atoms with Crippen molar-refractivity contribution in [1.29, 1.82) is 5.26 Å². The van der Waals surface area contributed by atoms with Gasteiger partial charge in [-0.1, -0.05) is 13.3 Å². The Kier molecular flexibility index (Phi) is 4.86. The molecule has 1 amide bonds. The summed E-state index contributed by atoms with van der Waals surface area (Å²) in [4.78, 5) is 23.3. The first kappa shape index (κ1) is 19.2. The van der Waals surface area contributed by atoms with Crippen molar-refractivity contribution in [2.24, 2.45) is 5.41 Å². The molecule has 0 unspecified atom stereocenters. The van der Waals surface area contributed by atoms with Crippen LogP contribution in [0, 0.1) is 23.7 Å². The van der Waals surface area contributed by atoms with Crippen LogP contribution in [-0.4, -0.2) is 38.7 Å². The topological polar surface area (TPSA) is 112 Å². The SMILES string of the molecule is CC[C@H]1C(=O)Nc2c(C)nc(NCc3cnn(CC4(C#N)CCC4)c3)nc2N1C. The van der Waals surface area contributed by atoms with Gasteiger partial charge in [-0.25, -0.2) is 4.98 Å². The summed E-state index contributed by atoms with van der Waals surface area (Å²) in [6.45, 7) is 5.02. The van der Waals surface area contributed by atoms with E-state index in [1.165, 1.54) is 0 Å². The number of hydrogen-bond donors (Lipinski definition) is 2. The van der Waals surface area contributed by atoms with Crippen LogP contribution in [0.3, 0.4) is 0 Å². The summed E-state index contributed by atoms with van der Waals surface area (Å²) in [5.41, 5.74) is 2.15. The molecule has 2 aliphatic rings. The van der Waals surface area contributed by atoms with Crippen LogP contribution in [0.2, 0.25) is 0 Å². The number of nitrogens with one attached hydrogen (secondary N) is 2. The van der Waals surface area contributed by atoms with Gasteiger partial charge in [0, 0.05) is 25.4 Å². The first-order valence-corrected chi connectivity index (χ1v) is 10.0. The van der Waals surface area contributed by atoms with Crippen molar-refractivity contribution in [2.75, 3.05) is 22.6 Å². The first-order chi connectivity index (χ1) is 13.9. The Hall–Kier alpha value is -3.15. The Morgan fingerprint density at radius 2 is 2.21 bits per heavy atom. The van der Waals surface area contributed by atoms with Crippen molar-refractivity contribution in [3.8, 4) is 6.07 Å². The minimum atomic E-state index is -0.250. The number of likely N-dealkylation sites (N-methyl/N-ethyl adjacent to an activating group) is 1. The summed E-state index contributed by atoms with van der Waals surface area (Å²) < 4.78 is 1.85. The maximum absolute atomic E-state index is 12.2. The molecule has 9 heteroatoms. The summed E-state index contributed by atoms with van der Waals surface area (Å²) >= 11 is 0. The minimum absolute atomic E-state index is 0.0241. The molecule has 3 heterocycles. The zero-order valence-corrected chi connectivity index (χ0v) is 17.1. The summed E-state index contributed by atoms with van der Waals surface area (Å²) in [5.74, 6) is 1.21. The summed E-state index contributed by atoms with van der Waals surface area (Å²) in [6, 6.07) is 2.22. The first-order valence-electron chi connectivity index (χ1n) is 10.0. The van der Waals surface area contributed by atoms with Crippen LogP contribution in [0.5, 0.6) is 0 Å². The Morgan fingerprint density at radius 1 is 1.41 bits per heavy atom. The highest BCUT2D eigenvalue weighted by Gasteiger charge is 2.37. The Bertz CT molecular complexity index is 971. The fourth-order valence-corrected chi connectivity index (χ4v) is 4.01. The van der Waals surface area contributed by atoms with Gasteiger partial charge >= 0.3 is 0 Å². The number of amides is 1. The molecule has 0 bridgehead atoms. The van der Waals surface area contributed by atoms with Crippen LogP contribution in [0.4, 0.5) is 17.5 Å². The van der Waals surface area contributed by atoms with E-state index >= 15 is 0 Å². The lowest BCUT2D eigenvalue weighted by molar-refractivity contribution is -0.117. The summed E-state index contributed by atoms with van der Waals surface area (Å²) in [6.07, 6.45) is 7.49. The van der Waals surface area contributed by atoms with Crippen LogP contribution >= 0.6 is 0 Å². The van der Waals surface area contributed by atoms with Gasteiger partial charge in [-0.2, -0.15) is 15.3 Å². The zero-order chi connectivity index (χ0) is 20.6. The maximum Gasteiger partial charge on any atom is 0.247 e. The van der Waals surface area contributed by atoms with Crippen LogP contribution in [0.15, 0.2) is 12.4 Å². The highest BCUT2D eigenvalue weighted by molar-refractivity contribution is 6.03. The highest BCUT2D eigenvalue weighted by atomic mass is 16.2. The lowest BCUT2D eigenvalue weighted by Crippen LogP contribution is -2.46. The quantitative estimate of drug-likeness (QED) is 0.774. The number of aryl methyl sites for hydroxylation is 1. The number of carbonyl (C=O) groups is 1. The number of nitrogens with zero attached hydrogens (tertiary/aromatic N) is 6. The molecule has 1 aliphatic carbocycles. The van der Waals surface area contributed by atoms with E-state index < -0.39 is 0 Å². The molecular weight excluding hydrogens is 368 g/mol. The van der Waals surface area contributed by atoms with Gasteiger partial charge in [-0.15, -0.1) is 0 Å². The van der Waals surface area contributed by atoms with Gasteiger partial charge < -0.3 is 15.5 Å². The van der Waals surface area contributed by atoms with E-state index in [-0.39, 0.29) is 17.4 Å². The Morgan fingerprint density at radius 3 is 2.86 bits per heavy atom. The number of hydrogen-bond acceptors (Lipinski definition) is 7. The van der Waals surface area contributed by atoms with E-state index in [9.17, 15) is 10.1 Å². The molecule has 1 atom stereocenters. The van der Waals surface area contributed by atoms with Crippen molar-refractivity contribution in [3.63, 3.8) is 0 Å². The van der Waals surface area contributed by atoms with Crippen LogP contribution in [-0.2, 0) is 17.9 Å². The largest absolute Gasteiger partial charge is 0.350 e. The zero-order valence-electron chi connectivity index (χ0n) is 17.1. The predicted molar refractivity (Wildman–Crippen MR) is 109 cm³/mol. The number of rotatable bonds is 6. The number of anilines is 3. The Labute approximate surface area is 170 Å². The van der Waals surface area contributed by atoms with Crippen LogP contribution in [0.25, 0.3) is 0 Å². The fourth-order valence-electron chi connectivity index (χ4n) is 4.01. The molecule has 0 radical (unpaired) electrons. The summed E-state index contributed by atoms with van der Waals surface area (Å²) in [7, 11) is 1.89. The lowest BCUT2D eigenvalue weighted by atomic mass is 9.70. The third kappa shape index (κ3) is 3.50. The molecular formula is C20H26N8O. The van der Waals surface area contributed by atoms with Crippen molar-refractivity contribution < 1.29 is 4.79 Å². The summed E-state index contributed by atoms with van der Waals surface area (Å²) in [5, 5.41) is 20.0. The second-order valence-electron chi connectivity index (χ2n) is 8.00. The van der Waals surface area contributed by atoms with Crippen molar-refractivity contribution in [1.82, 2.24) is 19.7 Å². The third-order valence-electron chi connectivity index (χ3n) is 5.96. The molecule has 0 aromatic carbocycles. The van der Waals surface area contributed by atoms with Gasteiger partial charge in [-0.3, -0.25) is 9.48 Å². The van der Waals surface area contributed by atoms with E-state index in [2.05, 4.69) is 31.8 Å². The van der Waals surface area contributed by atoms with Gasteiger partial charge in [0.05, 0.1) is 29.9 Å². The number of fused-ring (bicyclic) bond motifs is 1. The van der Waals surface area contributed by atoms with Crippen molar-refractivity contribution >= 4 is 23.4 Å². The molecule has 2 N–H and O–H groups in total. The second-order valence-corrected chi connectivity index (χ2v) is 8.00. The molecule has 1 fully saturated rings. The van der Waals surface area contributed by atoms with Gasteiger partial charge in [-0.05, 0) is 26.2 Å². The fraction of sp³-hybridized carbons (Fsp3) is 0.550. The number of carbonyl (C=O) groups excluding carboxylic acids is 1. The molecule has 2 aromatic heterocycles. The molecule has 29 heavy (non-hydrogen) atoms. The van der Waals surface area contributed by atoms with Crippen LogP contribution in [0.1, 0.15) is 43.9 Å². The van der Waals surface area contributed by atoms with E-state index in [4.69, 9.17) is 0 Å². The third-order valence-corrected chi connectivity index (χ3v) is 5.96. The lowest BCUT2D eigenvalue weighted by Gasteiger charge is -2.34. The average molecular weight is 394 g/mol. The molecule has 1 saturated carbocycles. The highest BCUT2D eigenvalue weighted by Crippen LogP contribution is 2.41. The smallest absolute Gasteiger partial charge is 0.247 e. The number of aromatic nitrogens is 4. The number of nitriles is 1. The maximum atomic E-state index is 12.2. The molecule has 152 valence electrons. The van der Waals surface area contributed by atoms with Gasteiger partial charge in [0.15, 0.2) is 5.82 Å². The van der Waals surface area contributed by atoms with Gasteiger partial charge in [0.1, 0.15) is 11.7 Å². The van der Waals surface area contributed by atoms with Gasteiger partial charge in [0.2, 0.25) is 11.9 Å². The second kappa shape index (κ2) is 7.35. The standard InChI is InChI=1S/C20H26N8O/c1-4-15-18(29)25-16-13(2)24-19(26-17(16)27(15)3)22-8-14-9-23-28(10-14)12-20(11-21)6-5-7-20/h9-10,15H,4-8,12H2,1-3H3,(H,25,29)(H,22,24,26)/t15-/m0/s1. The van der Waals surface area contributed by atoms with Crippen molar-refractivity contribution in [2.45, 2.75) is 58.7 Å². The molecule has 4 rings (SSSR count). The normalized spacial score (nSPS) is 19.7. The molecule has 9 nitrogen and oxygen atoms in total. The van der Waals surface area contributed by atoms with E-state index in [1.54, 1.807) is 0 Å². The van der Waals surface area contributed by atoms with E-state index in [0.717, 1.165) is 36.3 Å². The van der Waals surface area contributed by atoms with Gasteiger partial charge in [0.25, 0.3) is 0 Å². The molecule has 2 aromatic rings. The van der Waals surface area contributed by atoms with Crippen LogP contribution < -0.4 is 15.5 Å². The Balaban J connectivity index is 1.46. The minimum Gasteiger partial charge on any atom is -0.350 e. The molecule has 0 spiro atoms. The van der Waals surface area contributed by atoms with E-state index in [0.29, 0.717) is 31.1 Å². The van der Waals surface area contributed by atoms with Crippen molar-refractivity contribution in [3.05, 3.63) is 23.7 Å². The average Bonchev–Trinajstić information content (AvgIpc) is 3.12. The van der Waals surface area contributed by atoms with E-state index in [1.807, 2.05) is 42.9 Å². The molecule has 1 aliphatic heterocycles. The predicted octanol–water partition coefficient (Wildman–Crippen LogP) is 2.45. The monoisotopic (exact) mass is 394 g/mol.